The Kier molecular flexibility index (Phi) is 2.04. The van der Waals surface area contributed by atoms with E-state index < -0.39 is 6.10 Å². The SMILES string of the molecule is NCC(O)c1ccc2[nH]ccc2c1. The molecule has 0 saturated heterocycles. The minimum Gasteiger partial charge on any atom is -0.387 e. The van der Waals surface area contributed by atoms with E-state index >= 15 is 0 Å². The van der Waals surface area contributed by atoms with Crippen LogP contribution in [0.5, 0.6) is 0 Å². The first-order chi connectivity index (χ1) is 6.31. The van der Waals surface area contributed by atoms with E-state index in [0.717, 1.165) is 16.5 Å². The van der Waals surface area contributed by atoms with Crippen LogP contribution >= 0.6 is 0 Å². The number of hydrogen-bond donors (Lipinski definition) is 3. The van der Waals surface area contributed by atoms with E-state index in [0.29, 0.717) is 0 Å². The first kappa shape index (κ1) is 8.29. The topological polar surface area (TPSA) is 62.0 Å². The average molecular weight is 176 g/mol. The predicted octanol–water partition coefficient (Wildman–Crippen LogP) is 1.16. The molecule has 0 aliphatic carbocycles. The maximum absolute atomic E-state index is 9.49. The molecular formula is C10H12N2O. The van der Waals surface area contributed by atoms with Crippen molar-refractivity contribution in [3.63, 3.8) is 0 Å². The Labute approximate surface area is 76.2 Å². The molecule has 0 aliphatic rings. The third-order valence-corrected chi connectivity index (χ3v) is 2.19. The third kappa shape index (κ3) is 1.43. The van der Waals surface area contributed by atoms with E-state index in [-0.39, 0.29) is 6.54 Å². The molecule has 3 nitrogen and oxygen atoms in total. The summed E-state index contributed by atoms with van der Waals surface area (Å²) >= 11 is 0. The van der Waals surface area contributed by atoms with Gasteiger partial charge in [0.25, 0.3) is 0 Å². The maximum atomic E-state index is 9.49. The molecule has 2 rings (SSSR count). The van der Waals surface area contributed by atoms with Gasteiger partial charge in [0.2, 0.25) is 0 Å². The van der Waals surface area contributed by atoms with Crippen LogP contribution < -0.4 is 5.73 Å². The summed E-state index contributed by atoms with van der Waals surface area (Å²) in [7, 11) is 0. The van der Waals surface area contributed by atoms with Gasteiger partial charge in [0.15, 0.2) is 0 Å². The van der Waals surface area contributed by atoms with Crippen molar-refractivity contribution in [1.82, 2.24) is 4.98 Å². The summed E-state index contributed by atoms with van der Waals surface area (Å²) in [5.74, 6) is 0. The molecule has 1 atom stereocenters. The van der Waals surface area contributed by atoms with Gasteiger partial charge in [-0.15, -0.1) is 0 Å². The molecule has 0 amide bonds. The number of benzene rings is 1. The molecule has 2 aromatic rings. The van der Waals surface area contributed by atoms with Crippen LogP contribution in [0.2, 0.25) is 0 Å². The highest BCUT2D eigenvalue weighted by atomic mass is 16.3. The highest BCUT2D eigenvalue weighted by Crippen LogP contribution is 2.18. The highest BCUT2D eigenvalue weighted by Gasteiger charge is 2.05. The van der Waals surface area contributed by atoms with Gasteiger partial charge in [0, 0.05) is 18.3 Å². The Morgan fingerprint density at radius 2 is 2.23 bits per heavy atom. The summed E-state index contributed by atoms with van der Waals surface area (Å²) in [5, 5.41) is 10.6. The lowest BCUT2D eigenvalue weighted by molar-refractivity contribution is 0.187. The summed E-state index contributed by atoms with van der Waals surface area (Å²) in [6, 6.07) is 7.76. The van der Waals surface area contributed by atoms with Crippen molar-refractivity contribution in [1.29, 1.82) is 0 Å². The summed E-state index contributed by atoms with van der Waals surface area (Å²) in [6.07, 6.45) is 1.32. The van der Waals surface area contributed by atoms with Crippen molar-refractivity contribution in [3.05, 3.63) is 36.0 Å². The molecule has 0 saturated carbocycles. The molecular weight excluding hydrogens is 164 g/mol. The lowest BCUT2D eigenvalue weighted by atomic mass is 10.1. The normalized spacial score (nSPS) is 13.4. The van der Waals surface area contributed by atoms with Gasteiger partial charge in [-0.1, -0.05) is 6.07 Å². The Balaban J connectivity index is 2.48. The van der Waals surface area contributed by atoms with Crippen LogP contribution in [0.1, 0.15) is 11.7 Å². The van der Waals surface area contributed by atoms with Gasteiger partial charge in [-0.05, 0) is 29.1 Å². The molecule has 1 aromatic carbocycles. The predicted molar refractivity (Wildman–Crippen MR) is 52.3 cm³/mol. The number of aliphatic hydroxyl groups excluding tert-OH is 1. The van der Waals surface area contributed by atoms with E-state index in [1.54, 1.807) is 0 Å². The lowest BCUT2D eigenvalue weighted by Gasteiger charge is -2.07. The van der Waals surface area contributed by atoms with Crippen molar-refractivity contribution >= 4 is 10.9 Å². The van der Waals surface area contributed by atoms with E-state index in [2.05, 4.69) is 4.98 Å². The summed E-state index contributed by atoms with van der Waals surface area (Å²) in [4.78, 5) is 3.09. The fraction of sp³-hybridized carbons (Fsp3) is 0.200. The number of fused-ring (bicyclic) bond motifs is 1. The number of nitrogens with two attached hydrogens (primary N) is 1. The van der Waals surface area contributed by atoms with Gasteiger partial charge in [-0.3, -0.25) is 0 Å². The van der Waals surface area contributed by atoms with Crippen LogP contribution in [0.3, 0.4) is 0 Å². The van der Waals surface area contributed by atoms with Crippen molar-refractivity contribution in [2.45, 2.75) is 6.10 Å². The van der Waals surface area contributed by atoms with E-state index in [9.17, 15) is 5.11 Å². The fourth-order valence-corrected chi connectivity index (χ4v) is 1.42. The summed E-state index contributed by atoms with van der Waals surface area (Å²) in [5.41, 5.74) is 7.31. The maximum Gasteiger partial charge on any atom is 0.0912 e. The number of aliphatic hydroxyl groups is 1. The quantitative estimate of drug-likeness (QED) is 0.643. The Morgan fingerprint density at radius 3 is 3.00 bits per heavy atom. The number of aromatic amines is 1. The van der Waals surface area contributed by atoms with Crippen molar-refractivity contribution in [2.75, 3.05) is 6.54 Å². The van der Waals surface area contributed by atoms with Crippen LogP contribution in [-0.2, 0) is 0 Å². The number of nitrogens with one attached hydrogen (secondary N) is 1. The molecule has 1 heterocycles. The molecule has 1 unspecified atom stereocenters. The second-order valence-electron chi connectivity index (χ2n) is 3.08. The minimum atomic E-state index is -0.556. The molecule has 68 valence electrons. The van der Waals surface area contributed by atoms with Crippen molar-refractivity contribution in [3.8, 4) is 0 Å². The van der Waals surface area contributed by atoms with Crippen LogP contribution in [0.4, 0.5) is 0 Å². The first-order valence-corrected chi connectivity index (χ1v) is 4.26. The molecule has 13 heavy (non-hydrogen) atoms. The van der Waals surface area contributed by atoms with Gasteiger partial charge in [-0.25, -0.2) is 0 Å². The van der Waals surface area contributed by atoms with Crippen LogP contribution in [0.25, 0.3) is 10.9 Å². The van der Waals surface area contributed by atoms with Crippen LogP contribution in [0, 0.1) is 0 Å². The van der Waals surface area contributed by atoms with Gasteiger partial charge in [0.1, 0.15) is 0 Å². The van der Waals surface area contributed by atoms with Crippen molar-refractivity contribution in [2.24, 2.45) is 5.73 Å². The molecule has 0 spiro atoms. The average Bonchev–Trinajstić information content (AvgIpc) is 2.63. The monoisotopic (exact) mass is 176 g/mol. The van der Waals surface area contributed by atoms with E-state index in [4.69, 9.17) is 5.73 Å². The highest BCUT2D eigenvalue weighted by molar-refractivity contribution is 5.79. The number of rotatable bonds is 2. The van der Waals surface area contributed by atoms with Crippen molar-refractivity contribution < 1.29 is 5.11 Å². The molecule has 0 radical (unpaired) electrons. The van der Waals surface area contributed by atoms with E-state index in [1.807, 2.05) is 30.5 Å². The summed E-state index contributed by atoms with van der Waals surface area (Å²) in [6.45, 7) is 0.260. The fourth-order valence-electron chi connectivity index (χ4n) is 1.42. The number of aromatic nitrogens is 1. The second kappa shape index (κ2) is 3.20. The summed E-state index contributed by atoms with van der Waals surface area (Å²) < 4.78 is 0. The van der Waals surface area contributed by atoms with Crippen LogP contribution in [-0.4, -0.2) is 16.6 Å². The van der Waals surface area contributed by atoms with Crippen LogP contribution in [0.15, 0.2) is 30.5 Å². The smallest absolute Gasteiger partial charge is 0.0912 e. The van der Waals surface area contributed by atoms with Gasteiger partial charge >= 0.3 is 0 Å². The largest absolute Gasteiger partial charge is 0.387 e. The molecule has 1 aromatic heterocycles. The third-order valence-electron chi connectivity index (χ3n) is 2.19. The molecule has 0 fully saturated rings. The Morgan fingerprint density at radius 1 is 1.38 bits per heavy atom. The van der Waals surface area contributed by atoms with Gasteiger partial charge in [-0.2, -0.15) is 0 Å². The van der Waals surface area contributed by atoms with Gasteiger partial charge < -0.3 is 15.8 Å². The minimum absolute atomic E-state index is 0.260. The standard InChI is InChI=1S/C10H12N2O/c11-6-10(13)8-1-2-9-7(5-8)3-4-12-9/h1-5,10,12-13H,6,11H2. The first-order valence-electron chi connectivity index (χ1n) is 4.26. The lowest BCUT2D eigenvalue weighted by Crippen LogP contribution is -2.11. The second-order valence-corrected chi connectivity index (χ2v) is 3.08. The van der Waals surface area contributed by atoms with E-state index in [1.165, 1.54) is 0 Å². The Hall–Kier alpha value is -1.32. The number of H-pyrrole nitrogens is 1. The molecule has 4 N–H and O–H groups in total. The molecule has 3 heteroatoms. The molecule has 0 aliphatic heterocycles. The number of hydrogen-bond acceptors (Lipinski definition) is 2. The zero-order chi connectivity index (χ0) is 9.26. The zero-order valence-electron chi connectivity index (χ0n) is 7.20. The Bertz CT molecular complexity index is 408. The molecule has 0 bridgehead atoms. The van der Waals surface area contributed by atoms with Gasteiger partial charge in [0.05, 0.1) is 6.10 Å². The zero-order valence-corrected chi connectivity index (χ0v) is 7.20.